The molecule has 2 fully saturated rings. The van der Waals surface area contributed by atoms with Crippen LogP contribution in [0.15, 0.2) is 16.9 Å². The van der Waals surface area contributed by atoms with Gasteiger partial charge in [0.1, 0.15) is 18.2 Å². The van der Waals surface area contributed by atoms with Gasteiger partial charge in [0, 0.05) is 32.0 Å². The first-order chi connectivity index (χ1) is 12.5. The lowest BCUT2D eigenvalue weighted by molar-refractivity contribution is -0.146. The van der Waals surface area contributed by atoms with E-state index in [4.69, 9.17) is 14.0 Å². The Hall–Kier alpha value is -2.43. The Bertz CT molecular complexity index is 757. The maximum atomic E-state index is 12.5. The zero-order valence-corrected chi connectivity index (χ0v) is 13.6. The van der Waals surface area contributed by atoms with Crippen molar-refractivity contribution in [3.8, 4) is 5.88 Å². The van der Waals surface area contributed by atoms with Gasteiger partial charge < -0.3 is 18.9 Å². The van der Waals surface area contributed by atoms with E-state index < -0.39 is 12.0 Å². The zero-order valence-electron chi connectivity index (χ0n) is 13.6. The molecule has 0 amide bonds. The molecule has 0 unspecified atom stereocenters. The fraction of sp³-hybridized carbons (Fsp3) is 0.600. The number of hydrogen-bond acceptors (Lipinski definition) is 8. The molecule has 2 saturated heterocycles. The summed E-state index contributed by atoms with van der Waals surface area (Å²) in [5, 5.41) is 2.98. The van der Waals surface area contributed by atoms with Gasteiger partial charge >= 0.3 is 6.18 Å². The lowest BCUT2D eigenvalue weighted by atomic mass is 10.0. The second kappa shape index (κ2) is 6.71. The van der Waals surface area contributed by atoms with Crippen molar-refractivity contribution in [2.45, 2.75) is 31.0 Å². The van der Waals surface area contributed by atoms with E-state index in [9.17, 15) is 13.2 Å². The predicted octanol–water partition coefficient (Wildman–Crippen LogP) is 2.04. The van der Waals surface area contributed by atoms with Gasteiger partial charge in [-0.1, -0.05) is 5.16 Å². The van der Waals surface area contributed by atoms with Crippen LogP contribution in [-0.2, 0) is 10.9 Å². The van der Waals surface area contributed by atoms with E-state index in [0.29, 0.717) is 38.0 Å². The highest BCUT2D eigenvalue weighted by molar-refractivity contribution is 5.45. The van der Waals surface area contributed by atoms with E-state index in [1.165, 1.54) is 6.33 Å². The average molecular weight is 371 g/mol. The smallest absolute Gasteiger partial charge is 0.455 e. The van der Waals surface area contributed by atoms with Crippen LogP contribution >= 0.6 is 0 Å². The average Bonchev–Trinajstić information content (AvgIpc) is 3.05. The molecule has 4 heterocycles. The van der Waals surface area contributed by atoms with Crippen molar-refractivity contribution in [3.63, 3.8) is 0 Å². The lowest BCUT2D eigenvalue weighted by Crippen LogP contribution is -2.45. The number of halogens is 3. The number of nitrogens with zero attached hydrogens (tertiary/aromatic N) is 5. The van der Waals surface area contributed by atoms with Crippen LogP contribution < -0.4 is 9.64 Å². The van der Waals surface area contributed by atoms with E-state index in [1.54, 1.807) is 6.07 Å². The summed E-state index contributed by atoms with van der Waals surface area (Å²) >= 11 is 0. The molecule has 0 atom stereocenters. The second-order valence-corrected chi connectivity index (χ2v) is 6.20. The molecule has 0 saturated carbocycles. The molecule has 4 rings (SSSR count). The number of alkyl halides is 3. The molecule has 8 nitrogen and oxygen atoms in total. The normalized spacial score (nSPS) is 19.4. The third-order valence-electron chi connectivity index (χ3n) is 4.33. The first-order valence-corrected chi connectivity index (χ1v) is 8.21. The van der Waals surface area contributed by atoms with Gasteiger partial charge in [0.2, 0.25) is 11.8 Å². The molecule has 0 spiro atoms. The largest absolute Gasteiger partial charge is 0.474 e. The van der Waals surface area contributed by atoms with Crippen LogP contribution in [0.25, 0.3) is 0 Å². The molecule has 2 aliphatic heterocycles. The molecule has 0 N–H and O–H groups in total. The molecule has 2 aliphatic rings. The maximum absolute atomic E-state index is 12.5. The molecular formula is C15H16F3N5O3. The molecule has 140 valence electrons. The highest BCUT2D eigenvalue weighted by Crippen LogP contribution is 2.33. The number of rotatable bonds is 4. The molecule has 0 aliphatic carbocycles. The van der Waals surface area contributed by atoms with Crippen LogP contribution in [0.3, 0.4) is 0 Å². The summed E-state index contributed by atoms with van der Waals surface area (Å²) in [6, 6.07) is 1.72. The van der Waals surface area contributed by atoms with Crippen LogP contribution in [0, 0.1) is 0 Å². The fourth-order valence-corrected chi connectivity index (χ4v) is 2.87. The van der Waals surface area contributed by atoms with E-state index in [-0.39, 0.29) is 17.9 Å². The Kier molecular flexibility index (Phi) is 4.39. The van der Waals surface area contributed by atoms with Crippen molar-refractivity contribution < 1.29 is 27.2 Å². The Morgan fingerprint density at radius 1 is 1.15 bits per heavy atom. The molecule has 0 radical (unpaired) electrons. The van der Waals surface area contributed by atoms with E-state index in [1.807, 2.05) is 4.90 Å². The Morgan fingerprint density at radius 2 is 1.92 bits per heavy atom. The summed E-state index contributed by atoms with van der Waals surface area (Å²) in [5.41, 5.74) is 0. The highest BCUT2D eigenvalue weighted by atomic mass is 19.4. The van der Waals surface area contributed by atoms with Gasteiger partial charge in [-0.05, 0) is 0 Å². The monoisotopic (exact) mass is 371 g/mol. The quantitative estimate of drug-likeness (QED) is 0.807. The fourth-order valence-electron chi connectivity index (χ4n) is 2.87. The minimum absolute atomic E-state index is 0.0127. The maximum Gasteiger partial charge on any atom is 0.455 e. The van der Waals surface area contributed by atoms with Gasteiger partial charge in [-0.15, -0.1) is 0 Å². The van der Waals surface area contributed by atoms with E-state index >= 15 is 0 Å². The Balaban J connectivity index is 1.36. The molecule has 2 aromatic rings. The standard InChI is InChI=1S/C15H16F3N5O3/c16-15(17,18)14-21-13(26-22-14)9-6-23(7-9)11-5-12(20-8-19-11)25-10-1-3-24-4-2-10/h5,8-10H,1-4,6-7H2. The van der Waals surface area contributed by atoms with Crippen molar-refractivity contribution in [3.05, 3.63) is 24.1 Å². The van der Waals surface area contributed by atoms with Crippen molar-refractivity contribution in [1.29, 1.82) is 0 Å². The van der Waals surface area contributed by atoms with Crippen LogP contribution in [0.1, 0.15) is 30.5 Å². The van der Waals surface area contributed by atoms with E-state index in [2.05, 4.69) is 20.1 Å². The first kappa shape index (κ1) is 17.0. The van der Waals surface area contributed by atoms with Crippen molar-refractivity contribution >= 4 is 5.82 Å². The molecular weight excluding hydrogens is 355 g/mol. The molecule has 11 heteroatoms. The summed E-state index contributed by atoms with van der Waals surface area (Å²) < 4.78 is 53.5. The minimum atomic E-state index is -4.60. The summed E-state index contributed by atoms with van der Waals surface area (Å²) in [6.45, 7) is 2.21. The van der Waals surface area contributed by atoms with Crippen LogP contribution in [0.4, 0.5) is 19.0 Å². The number of ether oxygens (including phenoxy) is 2. The topological polar surface area (TPSA) is 86.4 Å². The van der Waals surface area contributed by atoms with Gasteiger partial charge in [-0.2, -0.15) is 18.2 Å². The van der Waals surface area contributed by atoms with Gasteiger partial charge in [0.25, 0.3) is 5.82 Å². The van der Waals surface area contributed by atoms with Gasteiger partial charge in [-0.3, -0.25) is 0 Å². The molecule has 0 aromatic carbocycles. The van der Waals surface area contributed by atoms with Gasteiger partial charge in [-0.25, -0.2) is 9.97 Å². The van der Waals surface area contributed by atoms with Crippen molar-refractivity contribution in [2.75, 3.05) is 31.2 Å². The summed E-state index contributed by atoms with van der Waals surface area (Å²) in [7, 11) is 0. The first-order valence-electron chi connectivity index (χ1n) is 8.21. The minimum Gasteiger partial charge on any atom is -0.474 e. The van der Waals surface area contributed by atoms with E-state index in [0.717, 1.165) is 12.8 Å². The summed E-state index contributed by atoms with van der Waals surface area (Å²) in [4.78, 5) is 13.6. The zero-order chi connectivity index (χ0) is 18.1. The summed E-state index contributed by atoms with van der Waals surface area (Å²) in [5.74, 6) is -0.397. The molecule has 0 bridgehead atoms. The van der Waals surface area contributed by atoms with Crippen molar-refractivity contribution in [2.24, 2.45) is 0 Å². The Labute approximate surface area is 146 Å². The van der Waals surface area contributed by atoms with Crippen molar-refractivity contribution in [1.82, 2.24) is 20.1 Å². The highest BCUT2D eigenvalue weighted by Gasteiger charge is 2.40. The SMILES string of the molecule is FC(F)(F)c1noc(C2CN(c3cc(OC4CCOCC4)ncn3)C2)n1. The number of hydrogen-bond donors (Lipinski definition) is 0. The van der Waals surface area contributed by atoms with Gasteiger partial charge in [0.15, 0.2) is 0 Å². The molecule has 2 aromatic heterocycles. The number of anilines is 1. The Morgan fingerprint density at radius 3 is 2.62 bits per heavy atom. The van der Waals surface area contributed by atoms with Gasteiger partial charge in [0.05, 0.1) is 19.1 Å². The van der Waals surface area contributed by atoms with Crippen LogP contribution in [-0.4, -0.2) is 52.5 Å². The lowest BCUT2D eigenvalue weighted by Gasteiger charge is -2.38. The van der Waals surface area contributed by atoms with Crippen LogP contribution in [0.2, 0.25) is 0 Å². The second-order valence-electron chi connectivity index (χ2n) is 6.20. The third-order valence-corrected chi connectivity index (χ3v) is 4.33. The molecule has 26 heavy (non-hydrogen) atoms. The van der Waals surface area contributed by atoms with Crippen LogP contribution in [0.5, 0.6) is 5.88 Å². The number of aromatic nitrogens is 4. The predicted molar refractivity (Wildman–Crippen MR) is 80.8 cm³/mol. The summed E-state index contributed by atoms with van der Waals surface area (Å²) in [6.07, 6.45) is -1.51. The third kappa shape index (κ3) is 3.57.